The molecule has 0 radical (unpaired) electrons. The van der Waals surface area contributed by atoms with Crippen LogP contribution in [0.25, 0.3) is 11.1 Å². The van der Waals surface area contributed by atoms with Crippen molar-refractivity contribution in [1.29, 1.82) is 0 Å². The van der Waals surface area contributed by atoms with Gasteiger partial charge in [-0.2, -0.15) is 0 Å². The molecule has 0 unspecified atom stereocenters. The minimum absolute atomic E-state index is 0.181. The van der Waals surface area contributed by atoms with Gasteiger partial charge in [-0.15, -0.1) is 0 Å². The number of hydrogen-bond donors (Lipinski definition) is 0. The van der Waals surface area contributed by atoms with Crippen LogP contribution in [-0.4, -0.2) is 31.2 Å². The molecule has 2 aromatic carbocycles. The minimum atomic E-state index is -0.181. The summed E-state index contributed by atoms with van der Waals surface area (Å²) in [6.07, 6.45) is 1.84. The number of nitrogens with zero attached hydrogens (tertiary/aromatic N) is 3. The van der Waals surface area contributed by atoms with Crippen LogP contribution in [-0.2, 0) is 0 Å². The molecule has 4 rings (SSSR count). The number of anilines is 2. The Hall–Kier alpha value is -2.88. The monoisotopic (exact) mass is 333 g/mol. The molecule has 1 aromatic heterocycles. The van der Waals surface area contributed by atoms with Crippen molar-refractivity contribution >= 4 is 11.5 Å². The van der Waals surface area contributed by atoms with Crippen molar-refractivity contribution in [3.8, 4) is 11.1 Å². The topological polar surface area (TPSA) is 19.4 Å². The van der Waals surface area contributed by atoms with E-state index in [1.165, 1.54) is 11.8 Å². The summed E-state index contributed by atoms with van der Waals surface area (Å²) in [7, 11) is 0. The molecule has 1 saturated heterocycles. The number of halogens is 1. The van der Waals surface area contributed by atoms with Gasteiger partial charge >= 0.3 is 0 Å². The van der Waals surface area contributed by atoms with Gasteiger partial charge in [0.15, 0.2) is 0 Å². The highest BCUT2D eigenvalue weighted by Gasteiger charge is 2.18. The summed E-state index contributed by atoms with van der Waals surface area (Å²) in [5.74, 6) is 0.858. The molecular weight excluding hydrogens is 313 g/mol. The average molecular weight is 333 g/mol. The molecule has 2 heterocycles. The molecule has 25 heavy (non-hydrogen) atoms. The fraction of sp³-hybridized carbons (Fsp3) is 0.190. The molecule has 1 aliphatic heterocycles. The molecule has 0 bridgehead atoms. The summed E-state index contributed by atoms with van der Waals surface area (Å²) in [6, 6.07) is 21.1. The Kier molecular flexibility index (Phi) is 4.34. The van der Waals surface area contributed by atoms with E-state index >= 15 is 0 Å². The lowest BCUT2D eigenvalue weighted by Crippen LogP contribution is -2.46. The normalized spacial score (nSPS) is 14.6. The number of aromatic nitrogens is 1. The first kappa shape index (κ1) is 15.6. The molecule has 126 valence electrons. The van der Waals surface area contributed by atoms with E-state index in [1.807, 2.05) is 42.6 Å². The number of benzene rings is 2. The molecular formula is C21H20FN3. The maximum atomic E-state index is 13.9. The van der Waals surface area contributed by atoms with E-state index in [1.54, 1.807) is 6.07 Å². The summed E-state index contributed by atoms with van der Waals surface area (Å²) in [6.45, 7) is 3.81. The first-order chi connectivity index (χ1) is 12.3. The molecule has 0 amide bonds. The quantitative estimate of drug-likeness (QED) is 0.715. The van der Waals surface area contributed by atoms with Crippen molar-refractivity contribution in [1.82, 2.24) is 4.98 Å². The fourth-order valence-corrected chi connectivity index (χ4v) is 3.28. The number of pyridine rings is 1. The Morgan fingerprint density at radius 3 is 2.08 bits per heavy atom. The van der Waals surface area contributed by atoms with Gasteiger partial charge in [0.1, 0.15) is 11.6 Å². The molecule has 4 heteroatoms. The summed E-state index contributed by atoms with van der Waals surface area (Å²) in [4.78, 5) is 9.10. The van der Waals surface area contributed by atoms with Crippen molar-refractivity contribution in [2.45, 2.75) is 0 Å². The highest BCUT2D eigenvalue weighted by Crippen LogP contribution is 2.26. The van der Waals surface area contributed by atoms with E-state index in [9.17, 15) is 4.39 Å². The first-order valence-electron chi connectivity index (χ1n) is 8.57. The van der Waals surface area contributed by atoms with Crippen LogP contribution in [0.15, 0.2) is 72.9 Å². The zero-order chi connectivity index (χ0) is 17.1. The van der Waals surface area contributed by atoms with Crippen molar-refractivity contribution in [3.05, 3.63) is 78.7 Å². The SMILES string of the molecule is Fc1ccccc1-c1ccc(N2CCN(c3ccccn3)CC2)cc1. The van der Waals surface area contributed by atoms with E-state index in [4.69, 9.17) is 0 Å². The highest BCUT2D eigenvalue weighted by atomic mass is 19.1. The molecule has 0 saturated carbocycles. The fourth-order valence-electron chi connectivity index (χ4n) is 3.28. The van der Waals surface area contributed by atoms with Crippen LogP contribution in [0.4, 0.5) is 15.9 Å². The molecule has 0 spiro atoms. The van der Waals surface area contributed by atoms with Gasteiger partial charge in [-0.25, -0.2) is 9.37 Å². The molecule has 3 aromatic rings. The van der Waals surface area contributed by atoms with Crippen LogP contribution >= 0.6 is 0 Å². The lowest BCUT2D eigenvalue weighted by Gasteiger charge is -2.36. The zero-order valence-electron chi connectivity index (χ0n) is 14.0. The third-order valence-electron chi connectivity index (χ3n) is 4.67. The Bertz CT molecular complexity index is 825. The van der Waals surface area contributed by atoms with Crippen LogP contribution < -0.4 is 9.80 Å². The van der Waals surface area contributed by atoms with Crippen LogP contribution in [0, 0.1) is 5.82 Å². The number of rotatable bonds is 3. The van der Waals surface area contributed by atoms with Crippen LogP contribution in [0.1, 0.15) is 0 Å². The second kappa shape index (κ2) is 6.93. The number of piperazine rings is 1. The second-order valence-corrected chi connectivity index (χ2v) is 6.19. The van der Waals surface area contributed by atoms with Gasteiger partial charge < -0.3 is 9.80 Å². The van der Waals surface area contributed by atoms with Crippen molar-refractivity contribution in [3.63, 3.8) is 0 Å². The van der Waals surface area contributed by atoms with Gasteiger partial charge in [0.05, 0.1) is 0 Å². The molecule has 0 atom stereocenters. The van der Waals surface area contributed by atoms with Gasteiger partial charge in [-0.05, 0) is 35.9 Å². The standard InChI is InChI=1S/C21H20FN3/c22-20-6-2-1-5-19(20)17-8-10-18(11-9-17)24-13-15-25(16-14-24)21-7-3-4-12-23-21/h1-12H,13-16H2. The molecule has 0 aliphatic carbocycles. The summed E-state index contributed by atoms with van der Waals surface area (Å²) in [5, 5.41) is 0. The number of hydrogen-bond acceptors (Lipinski definition) is 3. The lowest BCUT2D eigenvalue weighted by molar-refractivity contribution is 0.631. The third-order valence-corrected chi connectivity index (χ3v) is 4.67. The molecule has 1 fully saturated rings. The van der Waals surface area contributed by atoms with E-state index in [0.717, 1.165) is 37.6 Å². The third kappa shape index (κ3) is 3.33. The predicted octanol–water partition coefficient (Wildman–Crippen LogP) is 4.21. The first-order valence-corrected chi connectivity index (χ1v) is 8.57. The van der Waals surface area contributed by atoms with Gasteiger partial charge in [0.2, 0.25) is 0 Å². The van der Waals surface area contributed by atoms with E-state index in [2.05, 4.69) is 33.0 Å². The van der Waals surface area contributed by atoms with Gasteiger partial charge in [-0.1, -0.05) is 36.4 Å². The van der Waals surface area contributed by atoms with Gasteiger partial charge in [-0.3, -0.25) is 0 Å². The van der Waals surface area contributed by atoms with Crippen LogP contribution in [0.2, 0.25) is 0 Å². The second-order valence-electron chi connectivity index (χ2n) is 6.19. The Morgan fingerprint density at radius 2 is 1.40 bits per heavy atom. The van der Waals surface area contributed by atoms with Crippen molar-refractivity contribution in [2.24, 2.45) is 0 Å². The summed E-state index contributed by atoms with van der Waals surface area (Å²) >= 11 is 0. The Morgan fingerprint density at radius 1 is 0.720 bits per heavy atom. The highest BCUT2D eigenvalue weighted by molar-refractivity contribution is 5.67. The summed E-state index contributed by atoms with van der Waals surface area (Å²) in [5.41, 5.74) is 2.74. The van der Waals surface area contributed by atoms with Crippen molar-refractivity contribution < 1.29 is 4.39 Å². The van der Waals surface area contributed by atoms with Crippen molar-refractivity contribution in [2.75, 3.05) is 36.0 Å². The Labute approximate surface area is 147 Å². The van der Waals surface area contributed by atoms with E-state index < -0.39 is 0 Å². The van der Waals surface area contributed by atoms with Gasteiger partial charge in [0, 0.05) is 43.6 Å². The maximum absolute atomic E-state index is 13.9. The molecule has 1 aliphatic rings. The molecule has 0 N–H and O–H groups in total. The largest absolute Gasteiger partial charge is 0.368 e. The zero-order valence-corrected chi connectivity index (χ0v) is 14.0. The summed E-state index contributed by atoms with van der Waals surface area (Å²) < 4.78 is 13.9. The smallest absolute Gasteiger partial charge is 0.131 e. The molecule has 3 nitrogen and oxygen atoms in total. The maximum Gasteiger partial charge on any atom is 0.131 e. The minimum Gasteiger partial charge on any atom is -0.368 e. The Balaban J connectivity index is 1.44. The van der Waals surface area contributed by atoms with Crippen LogP contribution in [0.5, 0.6) is 0 Å². The van der Waals surface area contributed by atoms with Crippen LogP contribution in [0.3, 0.4) is 0 Å². The predicted molar refractivity (Wildman–Crippen MR) is 100 cm³/mol. The van der Waals surface area contributed by atoms with Gasteiger partial charge in [0.25, 0.3) is 0 Å². The average Bonchev–Trinajstić information content (AvgIpc) is 2.69. The van der Waals surface area contributed by atoms with E-state index in [0.29, 0.717) is 5.56 Å². The lowest BCUT2D eigenvalue weighted by atomic mass is 10.0. The van der Waals surface area contributed by atoms with E-state index in [-0.39, 0.29) is 5.82 Å².